The summed E-state index contributed by atoms with van der Waals surface area (Å²) in [7, 11) is 1.76. The van der Waals surface area contributed by atoms with Crippen molar-refractivity contribution in [3.8, 4) is 0 Å². The molecule has 102 valence electrons. The summed E-state index contributed by atoms with van der Waals surface area (Å²) >= 11 is 0. The van der Waals surface area contributed by atoms with E-state index in [1.807, 2.05) is 0 Å². The van der Waals surface area contributed by atoms with Gasteiger partial charge in [0, 0.05) is 31.5 Å². The molecule has 18 heavy (non-hydrogen) atoms. The number of pyridine rings is 1. The van der Waals surface area contributed by atoms with Crippen LogP contribution in [-0.2, 0) is 6.54 Å². The molecule has 1 aromatic rings. The fourth-order valence-electron chi connectivity index (χ4n) is 1.58. The molecule has 0 amide bonds. The molecule has 3 nitrogen and oxygen atoms in total. The lowest BCUT2D eigenvalue weighted by molar-refractivity contribution is -0.151. The van der Waals surface area contributed by atoms with Crippen LogP contribution in [0.3, 0.4) is 0 Å². The Labute approximate surface area is 105 Å². The van der Waals surface area contributed by atoms with Crippen LogP contribution in [0.1, 0.15) is 19.5 Å². The standard InChI is InChI=1S/C12H18F3N3/c1-9(2)18(8-12(13,14)15)7-11-6-10(16-3)4-5-17-11/h4-6,9H,7-8H2,1-3H3,(H,16,17). The maximum Gasteiger partial charge on any atom is 0.401 e. The maximum atomic E-state index is 12.4. The van der Waals surface area contributed by atoms with Crippen LogP contribution in [0, 0.1) is 0 Å². The van der Waals surface area contributed by atoms with E-state index >= 15 is 0 Å². The van der Waals surface area contributed by atoms with E-state index < -0.39 is 12.7 Å². The van der Waals surface area contributed by atoms with E-state index in [2.05, 4.69) is 10.3 Å². The zero-order valence-corrected chi connectivity index (χ0v) is 10.8. The Morgan fingerprint density at radius 1 is 1.39 bits per heavy atom. The first-order valence-electron chi connectivity index (χ1n) is 5.75. The van der Waals surface area contributed by atoms with Gasteiger partial charge in [0.15, 0.2) is 0 Å². The molecule has 0 saturated carbocycles. The quantitative estimate of drug-likeness (QED) is 0.883. The van der Waals surface area contributed by atoms with Crippen LogP contribution in [0.25, 0.3) is 0 Å². The van der Waals surface area contributed by atoms with Crippen molar-refractivity contribution in [1.29, 1.82) is 0 Å². The Balaban J connectivity index is 2.76. The Morgan fingerprint density at radius 2 is 2.06 bits per heavy atom. The summed E-state index contributed by atoms with van der Waals surface area (Å²) in [6, 6.07) is 3.34. The van der Waals surface area contributed by atoms with Gasteiger partial charge in [0.05, 0.1) is 12.2 Å². The van der Waals surface area contributed by atoms with Crippen molar-refractivity contribution in [3.05, 3.63) is 24.0 Å². The zero-order chi connectivity index (χ0) is 13.8. The molecule has 0 fully saturated rings. The van der Waals surface area contributed by atoms with Gasteiger partial charge in [0.2, 0.25) is 0 Å². The molecule has 0 unspecified atom stereocenters. The van der Waals surface area contributed by atoms with Crippen molar-refractivity contribution in [1.82, 2.24) is 9.88 Å². The van der Waals surface area contributed by atoms with Crippen molar-refractivity contribution in [2.24, 2.45) is 0 Å². The summed E-state index contributed by atoms with van der Waals surface area (Å²) in [6.45, 7) is 2.75. The number of nitrogens with one attached hydrogen (secondary N) is 1. The number of nitrogens with zero attached hydrogens (tertiary/aromatic N) is 2. The fourth-order valence-corrected chi connectivity index (χ4v) is 1.58. The Kier molecular flexibility index (Phi) is 4.95. The number of alkyl halides is 3. The predicted octanol–water partition coefficient (Wildman–Crippen LogP) is 2.90. The number of aromatic nitrogens is 1. The first-order valence-corrected chi connectivity index (χ1v) is 5.75. The molecule has 0 aliphatic heterocycles. The number of anilines is 1. The van der Waals surface area contributed by atoms with E-state index in [4.69, 9.17) is 0 Å². The fraction of sp³-hybridized carbons (Fsp3) is 0.583. The largest absolute Gasteiger partial charge is 0.401 e. The SMILES string of the molecule is CNc1ccnc(CN(CC(F)(F)F)C(C)C)c1. The molecule has 0 aliphatic carbocycles. The van der Waals surface area contributed by atoms with Crippen LogP contribution >= 0.6 is 0 Å². The number of hydrogen-bond donors (Lipinski definition) is 1. The van der Waals surface area contributed by atoms with Gasteiger partial charge >= 0.3 is 6.18 Å². The second-order valence-corrected chi connectivity index (χ2v) is 4.40. The van der Waals surface area contributed by atoms with Gasteiger partial charge in [-0.25, -0.2) is 0 Å². The molecule has 0 atom stereocenters. The third-order valence-electron chi connectivity index (χ3n) is 2.58. The molecule has 1 N–H and O–H groups in total. The highest BCUT2D eigenvalue weighted by Crippen LogP contribution is 2.20. The highest BCUT2D eigenvalue weighted by atomic mass is 19.4. The van der Waals surface area contributed by atoms with Crippen LogP contribution in [0.5, 0.6) is 0 Å². The van der Waals surface area contributed by atoms with Crippen molar-refractivity contribution < 1.29 is 13.2 Å². The number of rotatable bonds is 5. The number of hydrogen-bond acceptors (Lipinski definition) is 3. The summed E-state index contributed by atoms with van der Waals surface area (Å²) in [5.74, 6) is 0. The number of halogens is 3. The minimum Gasteiger partial charge on any atom is -0.388 e. The molecule has 0 aliphatic rings. The van der Waals surface area contributed by atoms with Gasteiger partial charge < -0.3 is 5.32 Å². The summed E-state index contributed by atoms with van der Waals surface area (Å²) in [5, 5.41) is 2.94. The lowest BCUT2D eigenvalue weighted by Gasteiger charge is -2.27. The minimum absolute atomic E-state index is 0.187. The van der Waals surface area contributed by atoms with E-state index in [0.717, 1.165) is 5.69 Å². The summed E-state index contributed by atoms with van der Waals surface area (Å²) in [5.41, 5.74) is 1.47. The highest BCUT2D eigenvalue weighted by Gasteiger charge is 2.31. The molecule has 1 aromatic heterocycles. The van der Waals surface area contributed by atoms with E-state index in [-0.39, 0.29) is 12.6 Å². The topological polar surface area (TPSA) is 28.2 Å². The highest BCUT2D eigenvalue weighted by molar-refractivity contribution is 5.42. The van der Waals surface area contributed by atoms with Crippen LogP contribution in [0.2, 0.25) is 0 Å². The van der Waals surface area contributed by atoms with Crippen LogP contribution in [0.15, 0.2) is 18.3 Å². The Hall–Kier alpha value is -1.30. The van der Waals surface area contributed by atoms with Gasteiger partial charge in [-0.1, -0.05) is 0 Å². The predicted molar refractivity (Wildman–Crippen MR) is 65.4 cm³/mol. The van der Waals surface area contributed by atoms with Gasteiger partial charge in [-0.05, 0) is 26.0 Å². The summed E-state index contributed by atoms with van der Waals surface area (Å²) in [4.78, 5) is 5.44. The normalized spacial score (nSPS) is 12.2. The molecule has 0 aromatic carbocycles. The van der Waals surface area contributed by atoms with Crippen LogP contribution < -0.4 is 5.32 Å². The molecule has 0 spiro atoms. The monoisotopic (exact) mass is 261 g/mol. The second-order valence-electron chi connectivity index (χ2n) is 4.40. The van der Waals surface area contributed by atoms with Gasteiger partial charge in [0.25, 0.3) is 0 Å². The first kappa shape index (κ1) is 14.8. The molecule has 0 radical (unpaired) electrons. The first-order chi connectivity index (χ1) is 8.31. The molecule has 1 rings (SSSR count). The Morgan fingerprint density at radius 3 is 2.56 bits per heavy atom. The zero-order valence-electron chi connectivity index (χ0n) is 10.8. The average molecular weight is 261 g/mol. The third-order valence-corrected chi connectivity index (χ3v) is 2.58. The van der Waals surface area contributed by atoms with E-state index in [1.54, 1.807) is 39.2 Å². The molecular weight excluding hydrogens is 243 g/mol. The van der Waals surface area contributed by atoms with Crippen molar-refractivity contribution in [2.45, 2.75) is 32.6 Å². The lowest BCUT2D eigenvalue weighted by Crippen LogP contribution is -2.38. The van der Waals surface area contributed by atoms with Crippen molar-refractivity contribution in [2.75, 3.05) is 18.9 Å². The third kappa shape index (κ3) is 4.91. The second kappa shape index (κ2) is 6.04. The van der Waals surface area contributed by atoms with Crippen molar-refractivity contribution >= 4 is 5.69 Å². The Bertz CT molecular complexity index is 377. The minimum atomic E-state index is -4.19. The average Bonchev–Trinajstić information content (AvgIpc) is 2.26. The van der Waals surface area contributed by atoms with Crippen molar-refractivity contribution in [3.63, 3.8) is 0 Å². The lowest BCUT2D eigenvalue weighted by atomic mass is 10.2. The summed E-state index contributed by atoms with van der Waals surface area (Å²) < 4.78 is 37.3. The van der Waals surface area contributed by atoms with E-state index in [0.29, 0.717) is 5.69 Å². The van der Waals surface area contributed by atoms with Gasteiger partial charge in [-0.2, -0.15) is 13.2 Å². The molecular formula is C12H18F3N3. The molecule has 0 bridgehead atoms. The van der Waals surface area contributed by atoms with Crippen LogP contribution in [-0.4, -0.2) is 35.7 Å². The molecule has 6 heteroatoms. The van der Waals surface area contributed by atoms with E-state index in [1.165, 1.54) is 4.90 Å². The van der Waals surface area contributed by atoms with Gasteiger partial charge in [0.1, 0.15) is 0 Å². The van der Waals surface area contributed by atoms with Gasteiger partial charge in [-0.15, -0.1) is 0 Å². The smallest absolute Gasteiger partial charge is 0.388 e. The molecule has 1 heterocycles. The summed E-state index contributed by atoms with van der Waals surface area (Å²) in [6.07, 6.45) is -2.60. The van der Waals surface area contributed by atoms with Crippen LogP contribution in [0.4, 0.5) is 18.9 Å². The van der Waals surface area contributed by atoms with Gasteiger partial charge in [-0.3, -0.25) is 9.88 Å². The van der Waals surface area contributed by atoms with E-state index in [9.17, 15) is 13.2 Å². The molecule has 0 saturated heterocycles. The maximum absolute atomic E-state index is 12.4.